The Kier molecular flexibility index (Phi) is 3.31. The SMILES string of the molecule is CC(N)(C(=O)NC1CN2CCC1CC2)C(F)(F)F. The fourth-order valence-electron chi connectivity index (χ4n) is 2.58. The first-order valence-corrected chi connectivity index (χ1v) is 6.11. The predicted octanol–water partition coefficient (Wildman–Crippen LogP) is 0.476. The van der Waals surface area contributed by atoms with E-state index in [4.69, 9.17) is 5.73 Å². The predicted molar refractivity (Wildman–Crippen MR) is 59.7 cm³/mol. The van der Waals surface area contributed by atoms with Crippen LogP contribution in [0.3, 0.4) is 0 Å². The Morgan fingerprint density at radius 2 is 1.89 bits per heavy atom. The molecule has 2 unspecified atom stereocenters. The van der Waals surface area contributed by atoms with Crippen molar-refractivity contribution in [3.63, 3.8) is 0 Å². The molecule has 0 radical (unpaired) electrons. The highest BCUT2D eigenvalue weighted by molar-refractivity contribution is 5.86. The van der Waals surface area contributed by atoms with E-state index in [9.17, 15) is 18.0 Å². The fourth-order valence-corrected chi connectivity index (χ4v) is 2.58. The standard InChI is InChI=1S/C11H18F3N3O/c1-10(15,11(12,13)14)9(18)16-8-6-17-4-2-7(8)3-5-17/h7-8H,2-6,15H2,1H3,(H,16,18). The minimum Gasteiger partial charge on any atom is -0.350 e. The fraction of sp³-hybridized carbons (Fsp3) is 0.909. The maximum atomic E-state index is 12.6. The molecule has 0 aliphatic carbocycles. The van der Waals surface area contributed by atoms with Gasteiger partial charge in [0, 0.05) is 12.6 Å². The number of carbonyl (C=O) groups excluding carboxylic acids is 1. The Morgan fingerprint density at radius 3 is 2.28 bits per heavy atom. The molecule has 0 aromatic carbocycles. The van der Waals surface area contributed by atoms with Crippen molar-refractivity contribution < 1.29 is 18.0 Å². The van der Waals surface area contributed by atoms with Crippen molar-refractivity contribution in [2.45, 2.75) is 37.5 Å². The van der Waals surface area contributed by atoms with Crippen LogP contribution in [0.15, 0.2) is 0 Å². The van der Waals surface area contributed by atoms with Crippen LogP contribution in [-0.4, -0.2) is 48.2 Å². The van der Waals surface area contributed by atoms with Gasteiger partial charge in [-0.1, -0.05) is 0 Å². The van der Waals surface area contributed by atoms with Crippen molar-refractivity contribution in [3.05, 3.63) is 0 Å². The van der Waals surface area contributed by atoms with Gasteiger partial charge in [-0.05, 0) is 38.8 Å². The van der Waals surface area contributed by atoms with E-state index in [1.807, 2.05) is 0 Å². The van der Waals surface area contributed by atoms with Gasteiger partial charge in [0.1, 0.15) is 0 Å². The molecular weight excluding hydrogens is 247 g/mol. The van der Waals surface area contributed by atoms with E-state index in [1.54, 1.807) is 0 Å². The number of carbonyl (C=O) groups is 1. The van der Waals surface area contributed by atoms with Gasteiger partial charge in [0.15, 0.2) is 5.54 Å². The third-order valence-electron chi connectivity index (χ3n) is 4.03. The van der Waals surface area contributed by atoms with E-state index in [0.717, 1.165) is 25.9 Å². The lowest BCUT2D eigenvalue weighted by Crippen LogP contribution is -2.66. The molecule has 3 saturated heterocycles. The van der Waals surface area contributed by atoms with Crippen LogP contribution in [0.25, 0.3) is 0 Å². The molecular formula is C11H18F3N3O. The summed E-state index contributed by atoms with van der Waals surface area (Å²) in [4.78, 5) is 13.8. The molecule has 0 aromatic heterocycles. The van der Waals surface area contributed by atoms with Crippen LogP contribution in [0.4, 0.5) is 13.2 Å². The zero-order valence-corrected chi connectivity index (χ0v) is 10.3. The number of halogens is 3. The van der Waals surface area contributed by atoms with E-state index in [-0.39, 0.29) is 12.0 Å². The minimum atomic E-state index is -4.73. The van der Waals surface area contributed by atoms with Gasteiger partial charge < -0.3 is 16.0 Å². The Hall–Kier alpha value is -0.820. The highest BCUT2D eigenvalue weighted by Gasteiger charge is 2.54. The molecule has 18 heavy (non-hydrogen) atoms. The Morgan fingerprint density at radius 1 is 1.33 bits per heavy atom. The van der Waals surface area contributed by atoms with Gasteiger partial charge in [-0.15, -0.1) is 0 Å². The molecule has 3 aliphatic heterocycles. The van der Waals surface area contributed by atoms with E-state index >= 15 is 0 Å². The smallest absolute Gasteiger partial charge is 0.350 e. The third kappa shape index (κ3) is 2.33. The summed E-state index contributed by atoms with van der Waals surface area (Å²) in [6.45, 7) is 3.28. The number of alkyl halides is 3. The molecule has 2 bridgehead atoms. The molecule has 104 valence electrons. The van der Waals surface area contributed by atoms with Crippen LogP contribution < -0.4 is 11.1 Å². The van der Waals surface area contributed by atoms with Gasteiger partial charge in [-0.2, -0.15) is 13.2 Å². The van der Waals surface area contributed by atoms with Crippen molar-refractivity contribution in [2.24, 2.45) is 11.7 Å². The number of amides is 1. The second-order valence-electron chi connectivity index (χ2n) is 5.42. The molecule has 3 heterocycles. The maximum absolute atomic E-state index is 12.6. The van der Waals surface area contributed by atoms with E-state index in [2.05, 4.69) is 10.2 Å². The zero-order chi connectivity index (χ0) is 13.6. The Bertz CT molecular complexity index is 335. The number of nitrogens with one attached hydrogen (secondary N) is 1. The van der Waals surface area contributed by atoms with E-state index < -0.39 is 17.6 Å². The van der Waals surface area contributed by atoms with Gasteiger partial charge in [0.05, 0.1) is 0 Å². The maximum Gasteiger partial charge on any atom is 0.415 e. The summed E-state index contributed by atoms with van der Waals surface area (Å²) in [6, 6.07) is -0.203. The average molecular weight is 265 g/mol. The lowest BCUT2D eigenvalue weighted by atomic mass is 9.83. The van der Waals surface area contributed by atoms with Crippen molar-refractivity contribution in [1.29, 1.82) is 0 Å². The molecule has 2 atom stereocenters. The molecule has 0 spiro atoms. The van der Waals surface area contributed by atoms with Crippen LogP contribution >= 0.6 is 0 Å². The number of hydrogen-bond acceptors (Lipinski definition) is 3. The second-order valence-corrected chi connectivity index (χ2v) is 5.42. The lowest BCUT2D eigenvalue weighted by molar-refractivity contribution is -0.188. The highest BCUT2D eigenvalue weighted by Crippen LogP contribution is 2.30. The van der Waals surface area contributed by atoms with Crippen molar-refractivity contribution in [3.8, 4) is 0 Å². The molecule has 4 nitrogen and oxygen atoms in total. The summed E-state index contributed by atoms with van der Waals surface area (Å²) in [6.07, 6.45) is -2.87. The van der Waals surface area contributed by atoms with Crippen LogP contribution in [0, 0.1) is 5.92 Å². The normalized spacial score (nSPS) is 35.1. The summed E-state index contributed by atoms with van der Waals surface area (Å²) >= 11 is 0. The first-order valence-electron chi connectivity index (χ1n) is 6.11. The molecule has 3 rings (SSSR count). The summed E-state index contributed by atoms with van der Waals surface area (Å²) in [5.41, 5.74) is 2.28. The number of piperidine rings is 3. The largest absolute Gasteiger partial charge is 0.415 e. The van der Waals surface area contributed by atoms with Gasteiger partial charge in [0.25, 0.3) is 0 Å². The van der Waals surface area contributed by atoms with E-state index in [1.165, 1.54) is 0 Å². The zero-order valence-electron chi connectivity index (χ0n) is 10.3. The van der Waals surface area contributed by atoms with Crippen LogP contribution in [0.2, 0.25) is 0 Å². The third-order valence-corrected chi connectivity index (χ3v) is 4.03. The van der Waals surface area contributed by atoms with Gasteiger partial charge in [-0.3, -0.25) is 4.79 Å². The summed E-state index contributed by atoms with van der Waals surface area (Å²) in [5.74, 6) is -0.850. The highest BCUT2D eigenvalue weighted by atomic mass is 19.4. The number of nitrogens with zero attached hydrogens (tertiary/aromatic N) is 1. The number of fused-ring (bicyclic) bond motifs is 3. The molecule has 1 amide bonds. The van der Waals surface area contributed by atoms with Crippen molar-refractivity contribution >= 4 is 5.91 Å². The molecule has 7 heteroatoms. The van der Waals surface area contributed by atoms with Crippen LogP contribution in [-0.2, 0) is 4.79 Å². The second kappa shape index (κ2) is 4.38. The molecule has 0 saturated carbocycles. The van der Waals surface area contributed by atoms with Gasteiger partial charge in [0.2, 0.25) is 5.91 Å². The monoisotopic (exact) mass is 265 g/mol. The Labute approximate surface area is 104 Å². The summed E-state index contributed by atoms with van der Waals surface area (Å²) in [7, 11) is 0. The van der Waals surface area contributed by atoms with Gasteiger partial charge >= 0.3 is 6.18 Å². The minimum absolute atomic E-state index is 0.203. The van der Waals surface area contributed by atoms with Gasteiger partial charge in [-0.25, -0.2) is 0 Å². The number of nitrogens with two attached hydrogens (primary N) is 1. The van der Waals surface area contributed by atoms with Crippen molar-refractivity contribution in [2.75, 3.05) is 19.6 Å². The van der Waals surface area contributed by atoms with E-state index in [0.29, 0.717) is 13.5 Å². The average Bonchev–Trinajstić information content (AvgIpc) is 2.29. The molecule has 0 aromatic rings. The summed E-state index contributed by atoms with van der Waals surface area (Å²) in [5, 5.41) is 2.47. The summed E-state index contributed by atoms with van der Waals surface area (Å²) < 4.78 is 37.9. The Balaban J connectivity index is 2.00. The molecule has 3 fully saturated rings. The molecule has 3 N–H and O–H groups in total. The molecule has 3 aliphatic rings. The first kappa shape index (κ1) is 13.6. The lowest BCUT2D eigenvalue weighted by Gasteiger charge is -2.45. The van der Waals surface area contributed by atoms with Crippen molar-refractivity contribution in [1.82, 2.24) is 10.2 Å². The quantitative estimate of drug-likeness (QED) is 0.763. The first-order chi connectivity index (χ1) is 8.22. The topological polar surface area (TPSA) is 58.4 Å². The van der Waals surface area contributed by atoms with Crippen LogP contribution in [0.5, 0.6) is 0 Å². The number of rotatable bonds is 2. The van der Waals surface area contributed by atoms with Crippen LogP contribution in [0.1, 0.15) is 19.8 Å². The number of hydrogen-bond donors (Lipinski definition) is 2.